The van der Waals surface area contributed by atoms with Gasteiger partial charge in [0.2, 0.25) is 5.06 Å². The molecule has 1 amide bonds. The number of hydrogen-bond donors (Lipinski definition) is 3. The maximum atomic E-state index is 14.6. The number of ether oxygens (including phenoxy) is 1. The van der Waals surface area contributed by atoms with Crippen LogP contribution in [0.3, 0.4) is 0 Å². The molecule has 3 heterocycles. The molecule has 1 fully saturated rings. The van der Waals surface area contributed by atoms with Gasteiger partial charge in [-0.15, -0.1) is 0 Å². The van der Waals surface area contributed by atoms with E-state index in [1.165, 1.54) is 6.20 Å². The summed E-state index contributed by atoms with van der Waals surface area (Å²) in [5, 5.41) is 12.2. The van der Waals surface area contributed by atoms with Crippen molar-refractivity contribution >= 4 is 51.7 Å². The van der Waals surface area contributed by atoms with Gasteiger partial charge in [0, 0.05) is 12.2 Å². The molecule has 2 atom stereocenters. The van der Waals surface area contributed by atoms with Crippen LogP contribution in [0.4, 0.5) is 14.3 Å². The summed E-state index contributed by atoms with van der Waals surface area (Å²) in [5.41, 5.74) is 0.658. The van der Waals surface area contributed by atoms with Gasteiger partial charge in [0.15, 0.2) is 5.13 Å². The van der Waals surface area contributed by atoms with Crippen LogP contribution >= 0.6 is 34.5 Å². The first-order valence-electron chi connectivity index (χ1n) is 7.86. The fourth-order valence-electron chi connectivity index (χ4n) is 2.74. The summed E-state index contributed by atoms with van der Waals surface area (Å²) in [6.45, 7) is 2.12. The molecule has 2 aromatic rings. The van der Waals surface area contributed by atoms with E-state index in [0.29, 0.717) is 23.8 Å². The molecule has 27 heavy (non-hydrogen) atoms. The number of hydrogen-bond acceptors (Lipinski definition) is 6. The minimum absolute atomic E-state index is 0.00319. The van der Waals surface area contributed by atoms with Gasteiger partial charge in [0.1, 0.15) is 11.9 Å². The molecule has 0 saturated carbocycles. The van der Waals surface area contributed by atoms with E-state index >= 15 is 0 Å². The molecule has 0 unspecified atom stereocenters. The second-order valence-corrected chi connectivity index (χ2v) is 7.64. The predicted octanol–water partition coefficient (Wildman–Crippen LogP) is 3.49. The highest BCUT2D eigenvalue weighted by atomic mass is 35.5. The van der Waals surface area contributed by atoms with E-state index in [-0.39, 0.29) is 27.3 Å². The molecule has 2 aromatic heterocycles. The Morgan fingerprint density at radius 1 is 1.48 bits per heavy atom. The number of aromatic nitrogens is 2. The van der Waals surface area contributed by atoms with E-state index in [1.54, 1.807) is 11.8 Å². The van der Waals surface area contributed by atoms with E-state index in [1.807, 2.05) is 0 Å². The Balaban J connectivity index is 1.61. The number of nitrogens with one attached hydrogen (secondary N) is 2. The fourth-order valence-corrected chi connectivity index (χ4v) is 3.95. The maximum Gasteiger partial charge on any atom is 0.512 e. The fraction of sp³-hybridized carbons (Fsp3) is 0.400. The van der Waals surface area contributed by atoms with Crippen molar-refractivity contribution in [2.24, 2.45) is 0 Å². The molecule has 3 rings (SSSR count). The molecule has 0 aliphatic carbocycles. The lowest BCUT2D eigenvalue weighted by Gasteiger charge is -2.34. The smallest absolute Gasteiger partial charge is 0.449 e. The number of anilines is 1. The maximum absolute atomic E-state index is 14.6. The second-order valence-electron chi connectivity index (χ2n) is 5.91. The van der Waals surface area contributed by atoms with Crippen LogP contribution in [0.2, 0.25) is 10.0 Å². The highest BCUT2D eigenvalue weighted by Crippen LogP contribution is 2.32. The van der Waals surface area contributed by atoms with E-state index < -0.39 is 24.3 Å². The van der Waals surface area contributed by atoms with Crippen LogP contribution in [0, 0.1) is 6.92 Å². The number of amides is 1. The van der Waals surface area contributed by atoms with Gasteiger partial charge < -0.3 is 25.0 Å². The largest absolute Gasteiger partial charge is 0.512 e. The lowest BCUT2D eigenvalue weighted by atomic mass is 10.0. The zero-order valence-electron chi connectivity index (χ0n) is 14.0. The zero-order chi connectivity index (χ0) is 19.7. The number of carbonyl (C=O) groups is 2. The molecule has 1 saturated heterocycles. The molecule has 12 heteroatoms. The lowest BCUT2D eigenvalue weighted by molar-refractivity contribution is 0.0894. The average molecular weight is 437 g/mol. The molecule has 1 aliphatic rings. The van der Waals surface area contributed by atoms with Crippen molar-refractivity contribution in [1.82, 2.24) is 15.3 Å². The molecule has 8 nitrogen and oxygen atoms in total. The molecule has 0 radical (unpaired) electrons. The van der Waals surface area contributed by atoms with E-state index in [0.717, 1.165) is 11.3 Å². The van der Waals surface area contributed by atoms with Gasteiger partial charge in [-0.05, 0) is 13.3 Å². The number of piperidine rings is 1. The van der Waals surface area contributed by atoms with Gasteiger partial charge in [-0.25, -0.2) is 14.2 Å². The standard InChI is InChI=1S/C15H15Cl2FN4O4S/c1-6-10(16)11(17)12(20-6)13(23)21-8-2-3-22(5-7(8)18)14-19-4-9(27-14)26-15(24)25/h4,7-8,20H,2-3,5H2,1H3,(H,21,23)(H,24,25)/t7-,8+/m0/s1. The molecular formula is C15H15Cl2FN4O4S. The molecule has 0 aromatic carbocycles. The predicted molar refractivity (Wildman–Crippen MR) is 99.3 cm³/mol. The lowest BCUT2D eigenvalue weighted by Crippen LogP contribution is -2.52. The minimum Gasteiger partial charge on any atom is -0.449 e. The highest BCUT2D eigenvalue weighted by Gasteiger charge is 2.33. The third-order valence-corrected chi connectivity index (χ3v) is 5.95. The van der Waals surface area contributed by atoms with Gasteiger partial charge >= 0.3 is 6.16 Å². The van der Waals surface area contributed by atoms with Crippen LogP contribution in [-0.4, -0.2) is 52.4 Å². The SMILES string of the molecule is Cc1[nH]c(C(=O)N[C@@H]2CCN(c3ncc(OC(=O)O)s3)C[C@@H]2F)c(Cl)c1Cl. The van der Waals surface area contributed by atoms with Crippen molar-refractivity contribution in [3.05, 3.63) is 27.6 Å². The van der Waals surface area contributed by atoms with Crippen molar-refractivity contribution < 1.29 is 23.8 Å². The quantitative estimate of drug-likeness (QED) is 0.633. The van der Waals surface area contributed by atoms with Crippen molar-refractivity contribution in [2.75, 3.05) is 18.0 Å². The van der Waals surface area contributed by atoms with Gasteiger partial charge in [0.05, 0.1) is 28.8 Å². The van der Waals surface area contributed by atoms with Crippen molar-refractivity contribution in [2.45, 2.75) is 25.6 Å². The summed E-state index contributed by atoms with van der Waals surface area (Å²) >= 11 is 13.0. The number of halogens is 3. The summed E-state index contributed by atoms with van der Waals surface area (Å²) in [6, 6.07) is -0.693. The van der Waals surface area contributed by atoms with E-state index in [4.69, 9.17) is 28.3 Å². The monoisotopic (exact) mass is 436 g/mol. The van der Waals surface area contributed by atoms with Crippen LogP contribution in [0.15, 0.2) is 6.20 Å². The highest BCUT2D eigenvalue weighted by molar-refractivity contribution is 7.17. The average Bonchev–Trinajstić information content (AvgIpc) is 3.16. The van der Waals surface area contributed by atoms with Crippen molar-refractivity contribution in [1.29, 1.82) is 0 Å². The van der Waals surface area contributed by atoms with Gasteiger partial charge in [-0.2, -0.15) is 0 Å². The summed E-state index contributed by atoms with van der Waals surface area (Å²) < 4.78 is 19.1. The third kappa shape index (κ3) is 4.28. The molecule has 0 spiro atoms. The summed E-state index contributed by atoms with van der Waals surface area (Å²) in [4.78, 5) is 31.4. The first-order valence-corrected chi connectivity index (χ1v) is 9.43. The number of carboxylic acid groups (broad SMARTS) is 1. The Bertz CT molecular complexity index is 874. The Morgan fingerprint density at radius 3 is 2.81 bits per heavy atom. The first kappa shape index (κ1) is 19.7. The third-order valence-electron chi connectivity index (χ3n) is 4.07. The molecule has 3 N–H and O–H groups in total. The van der Waals surface area contributed by atoms with Crippen LogP contribution in [0.25, 0.3) is 0 Å². The topological polar surface area (TPSA) is 108 Å². The normalized spacial score (nSPS) is 19.8. The number of aryl methyl sites for hydroxylation is 1. The minimum atomic E-state index is -1.44. The zero-order valence-corrected chi connectivity index (χ0v) is 16.3. The first-order chi connectivity index (χ1) is 12.8. The number of nitrogens with zero attached hydrogens (tertiary/aromatic N) is 2. The Labute approximate surface area is 167 Å². The molecule has 1 aliphatic heterocycles. The summed E-state index contributed by atoms with van der Waals surface area (Å²) in [7, 11) is 0. The van der Waals surface area contributed by atoms with Gasteiger partial charge in [-0.1, -0.05) is 34.5 Å². The van der Waals surface area contributed by atoms with Crippen molar-refractivity contribution in [3.8, 4) is 5.06 Å². The van der Waals surface area contributed by atoms with Crippen LogP contribution in [0.1, 0.15) is 22.6 Å². The van der Waals surface area contributed by atoms with Crippen LogP contribution < -0.4 is 15.0 Å². The number of H-pyrrole nitrogens is 1. The Hall–Kier alpha value is -2.04. The number of carbonyl (C=O) groups excluding carboxylic acids is 1. The van der Waals surface area contributed by atoms with Gasteiger partial charge in [0.25, 0.3) is 5.91 Å². The molecule has 146 valence electrons. The number of alkyl halides is 1. The number of rotatable bonds is 4. The molecular weight excluding hydrogens is 422 g/mol. The van der Waals surface area contributed by atoms with Crippen LogP contribution in [0.5, 0.6) is 5.06 Å². The number of aromatic amines is 1. The van der Waals surface area contributed by atoms with Gasteiger partial charge in [-0.3, -0.25) is 4.79 Å². The Morgan fingerprint density at radius 2 is 2.22 bits per heavy atom. The van der Waals surface area contributed by atoms with E-state index in [2.05, 4.69) is 20.0 Å². The number of thiazole rings is 1. The summed E-state index contributed by atoms with van der Waals surface area (Å²) in [5.74, 6) is -0.525. The summed E-state index contributed by atoms with van der Waals surface area (Å²) in [6.07, 6.45) is -1.17. The van der Waals surface area contributed by atoms with E-state index in [9.17, 15) is 14.0 Å². The Kier molecular flexibility index (Phi) is 5.78. The van der Waals surface area contributed by atoms with Crippen LogP contribution in [-0.2, 0) is 0 Å². The van der Waals surface area contributed by atoms with Crippen molar-refractivity contribution in [3.63, 3.8) is 0 Å². The molecule has 0 bridgehead atoms. The second kappa shape index (κ2) is 7.91.